The fourth-order valence-electron chi connectivity index (χ4n) is 1.60. The van der Waals surface area contributed by atoms with Crippen LogP contribution < -0.4 is 5.32 Å². The highest BCUT2D eigenvalue weighted by Crippen LogP contribution is 2.21. The number of benzene rings is 2. The molecule has 100 valence electrons. The zero-order valence-corrected chi connectivity index (χ0v) is 11.5. The average molecular weight is 337 g/mol. The molecule has 0 aliphatic heterocycles. The SMILES string of the molecule is N#Cc1cc(Br)ccc1NC(=O)c1cc(F)cc(F)c1. The van der Waals surface area contributed by atoms with Crippen LogP contribution in [0, 0.1) is 23.0 Å². The van der Waals surface area contributed by atoms with E-state index < -0.39 is 17.5 Å². The van der Waals surface area contributed by atoms with Gasteiger partial charge in [0.1, 0.15) is 17.7 Å². The van der Waals surface area contributed by atoms with E-state index in [1.54, 1.807) is 6.07 Å². The molecule has 1 N–H and O–H groups in total. The maximum Gasteiger partial charge on any atom is 0.255 e. The third-order valence-electron chi connectivity index (χ3n) is 2.48. The van der Waals surface area contributed by atoms with Gasteiger partial charge in [0.2, 0.25) is 0 Å². The Bertz CT molecular complexity index is 705. The molecule has 0 bridgehead atoms. The number of nitrogens with one attached hydrogen (secondary N) is 1. The number of halogens is 3. The summed E-state index contributed by atoms with van der Waals surface area (Å²) in [5.74, 6) is -2.37. The van der Waals surface area contributed by atoms with Gasteiger partial charge in [0.05, 0.1) is 11.3 Å². The smallest absolute Gasteiger partial charge is 0.255 e. The second-order valence-electron chi connectivity index (χ2n) is 3.91. The minimum atomic E-state index is -0.841. The monoisotopic (exact) mass is 336 g/mol. The van der Waals surface area contributed by atoms with Crippen LogP contribution in [-0.4, -0.2) is 5.91 Å². The number of amides is 1. The van der Waals surface area contributed by atoms with E-state index in [4.69, 9.17) is 5.26 Å². The maximum absolute atomic E-state index is 13.0. The third-order valence-corrected chi connectivity index (χ3v) is 2.97. The van der Waals surface area contributed by atoms with Gasteiger partial charge in [-0.05, 0) is 30.3 Å². The molecule has 2 aromatic carbocycles. The molecule has 20 heavy (non-hydrogen) atoms. The van der Waals surface area contributed by atoms with Gasteiger partial charge < -0.3 is 5.32 Å². The Labute approximate surface area is 122 Å². The second kappa shape index (κ2) is 5.80. The van der Waals surface area contributed by atoms with Gasteiger partial charge in [-0.25, -0.2) is 8.78 Å². The van der Waals surface area contributed by atoms with Gasteiger partial charge in [-0.1, -0.05) is 15.9 Å². The molecule has 0 atom stereocenters. The van der Waals surface area contributed by atoms with Crippen molar-refractivity contribution >= 4 is 27.5 Å². The first-order chi connectivity index (χ1) is 9.49. The van der Waals surface area contributed by atoms with E-state index in [0.29, 0.717) is 10.5 Å². The van der Waals surface area contributed by atoms with Crippen molar-refractivity contribution in [3.05, 3.63) is 63.6 Å². The van der Waals surface area contributed by atoms with E-state index in [-0.39, 0.29) is 16.8 Å². The number of anilines is 1. The van der Waals surface area contributed by atoms with Crippen LogP contribution in [0.25, 0.3) is 0 Å². The van der Waals surface area contributed by atoms with E-state index in [9.17, 15) is 13.6 Å². The van der Waals surface area contributed by atoms with E-state index in [1.807, 2.05) is 6.07 Å². The van der Waals surface area contributed by atoms with Crippen LogP contribution in [-0.2, 0) is 0 Å². The number of nitrogens with zero attached hydrogens (tertiary/aromatic N) is 1. The molecule has 0 aromatic heterocycles. The molecule has 0 aliphatic carbocycles. The summed E-state index contributed by atoms with van der Waals surface area (Å²) >= 11 is 3.20. The second-order valence-corrected chi connectivity index (χ2v) is 4.83. The van der Waals surface area contributed by atoms with Crippen molar-refractivity contribution in [2.45, 2.75) is 0 Å². The third kappa shape index (κ3) is 3.19. The standard InChI is InChI=1S/C14H7BrF2N2O/c15-10-1-2-13(9(3-10)7-18)19-14(20)8-4-11(16)6-12(17)5-8/h1-6H,(H,19,20). The number of carbonyl (C=O) groups is 1. The molecule has 6 heteroatoms. The number of nitriles is 1. The average Bonchev–Trinajstić information content (AvgIpc) is 2.39. The Morgan fingerprint density at radius 2 is 1.80 bits per heavy atom. The summed E-state index contributed by atoms with van der Waals surface area (Å²) in [5.41, 5.74) is 0.351. The summed E-state index contributed by atoms with van der Waals surface area (Å²) in [5, 5.41) is 11.4. The topological polar surface area (TPSA) is 52.9 Å². The Kier molecular flexibility index (Phi) is 4.11. The van der Waals surface area contributed by atoms with Crippen molar-refractivity contribution in [3.63, 3.8) is 0 Å². The summed E-state index contributed by atoms with van der Waals surface area (Å²) in [7, 11) is 0. The molecule has 0 spiro atoms. The van der Waals surface area contributed by atoms with E-state index >= 15 is 0 Å². The van der Waals surface area contributed by atoms with Crippen molar-refractivity contribution in [2.75, 3.05) is 5.32 Å². The van der Waals surface area contributed by atoms with Gasteiger partial charge in [0.25, 0.3) is 5.91 Å². The van der Waals surface area contributed by atoms with Crippen molar-refractivity contribution in [1.29, 1.82) is 5.26 Å². The summed E-state index contributed by atoms with van der Waals surface area (Å²) in [6.07, 6.45) is 0. The van der Waals surface area contributed by atoms with Crippen molar-refractivity contribution < 1.29 is 13.6 Å². The first kappa shape index (κ1) is 14.2. The van der Waals surface area contributed by atoms with Crippen molar-refractivity contribution in [2.24, 2.45) is 0 Å². The van der Waals surface area contributed by atoms with E-state index in [2.05, 4.69) is 21.2 Å². The van der Waals surface area contributed by atoms with Gasteiger partial charge in [-0.3, -0.25) is 4.79 Å². The summed E-state index contributed by atoms with van der Waals surface area (Å²) in [4.78, 5) is 11.9. The van der Waals surface area contributed by atoms with Gasteiger partial charge in [-0.2, -0.15) is 5.26 Å². The largest absolute Gasteiger partial charge is 0.321 e. The van der Waals surface area contributed by atoms with Crippen LogP contribution in [0.5, 0.6) is 0 Å². The molecular formula is C14H7BrF2N2O. The predicted molar refractivity (Wildman–Crippen MR) is 73.2 cm³/mol. The predicted octanol–water partition coefficient (Wildman–Crippen LogP) is 3.85. The van der Waals surface area contributed by atoms with E-state index in [0.717, 1.165) is 12.1 Å². The Morgan fingerprint density at radius 3 is 2.40 bits per heavy atom. The first-order valence-electron chi connectivity index (χ1n) is 5.46. The van der Waals surface area contributed by atoms with Gasteiger partial charge in [0.15, 0.2) is 0 Å². The van der Waals surface area contributed by atoms with Crippen LogP contribution in [0.3, 0.4) is 0 Å². The molecular weight excluding hydrogens is 330 g/mol. The minimum Gasteiger partial charge on any atom is -0.321 e. The van der Waals surface area contributed by atoms with Gasteiger partial charge in [-0.15, -0.1) is 0 Å². The lowest BCUT2D eigenvalue weighted by molar-refractivity contribution is 0.102. The van der Waals surface area contributed by atoms with Crippen LogP contribution in [0.4, 0.5) is 14.5 Å². The zero-order valence-electron chi connectivity index (χ0n) is 9.95. The number of carbonyl (C=O) groups excluding carboxylic acids is 1. The lowest BCUT2D eigenvalue weighted by atomic mass is 10.1. The lowest BCUT2D eigenvalue weighted by Gasteiger charge is -2.07. The molecule has 1 amide bonds. The molecule has 0 fully saturated rings. The van der Waals surface area contributed by atoms with Crippen LogP contribution in [0.15, 0.2) is 40.9 Å². The Hall–Kier alpha value is -2.26. The van der Waals surface area contributed by atoms with E-state index in [1.165, 1.54) is 12.1 Å². The molecule has 0 saturated carbocycles. The molecule has 0 heterocycles. The van der Waals surface area contributed by atoms with Crippen LogP contribution in [0.2, 0.25) is 0 Å². The number of hydrogen-bond donors (Lipinski definition) is 1. The lowest BCUT2D eigenvalue weighted by Crippen LogP contribution is -2.13. The summed E-state index contributed by atoms with van der Waals surface area (Å²) in [6.45, 7) is 0. The highest BCUT2D eigenvalue weighted by atomic mass is 79.9. The van der Waals surface area contributed by atoms with Crippen LogP contribution >= 0.6 is 15.9 Å². The summed E-state index contributed by atoms with van der Waals surface area (Å²) in [6, 6.07) is 9.14. The Morgan fingerprint density at radius 1 is 1.15 bits per heavy atom. The zero-order chi connectivity index (χ0) is 14.7. The van der Waals surface area contributed by atoms with Gasteiger partial charge >= 0.3 is 0 Å². The summed E-state index contributed by atoms with van der Waals surface area (Å²) < 4.78 is 26.8. The fraction of sp³-hybridized carbons (Fsp3) is 0. The van der Waals surface area contributed by atoms with Crippen molar-refractivity contribution in [3.8, 4) is 6.07 Å². The number of hydrogen-bond acceptors (Lipinski definition) is 2. The van der Waals surface area contributed by atoms with Crippen molar-refractivity contribution in [1.82, 2.24) is 0 Å². The normalized spacial score (nSPS) is 9.90. The molecule has 0 saturated heterocycles. The molecule has 3 nitrogen and oxygen atoms in total. The highest BCUT2D eigenvalue weighted by Gasteiger charge is 2.12. The highest BCUT2D eigenvalue weighted by molar-refractivity contribution is 9.10. The molecule has 0 aliphatic rings. The molecule has 0 radical (unpaired) electrons. The maximum atomic E-state index is 13.0. The van der Waals surface area contributed by atoms with Crippen LogP contribution in [0.1, 0.15) is 15.9 Å². The Balaban J connectivity index is 2.30. The molecule has 0 unspecified atom stereocenters. The molecule has 2 rings (SSSR count). The van der Waals surface area contributed by atoms with Gasteiger partial charge in [0, 0.05) is 16.1 Å². The first-order valence-corrected chi connectivity index (χ1v) is 6.26. The quantitative estimate of drug-likeness (QED) is 0.905. The fourth-order valence-corrected chi connectivity index (χ4v) is 1.96. The molecule has 2 aromatic rings. The number of rotatable bonds is 2. The minimum absolute atomic E-state index is 0.158.